The van der Waals surface area contributed by atoms with Crippen LogP contribution in [0.1, 0.15) is 77.1 Å². The van der Waals surface area contributed by atoms with Crippen molar-refractivity contribution in [3.8, 4) is 35.4 Å². The SMILES string of the molecule is C#Cc1c(F)ccc2cc(O)cc(-c3ncc4c(N5C[C@H]6CC[C@@H](C5)N6)nc(OCC5(CN(C)Cc6ccc(C7CN(c8ccc9c(c8)CN(C8CCC(=O)NC8=O)C9=O)C7)cc6)CC5)nc4c3F)c12.O=CO. The van der Waals surface area contributed by atoms with Crippen molar-refractivity contribution < 1.29 is 42.9 Å². The van der Waals surface area contributed by atoms with Crippen LogP contribution in [0.5, 0.6) is 11.8 Å². The monoisotopic (exact) mass is 989 g/mol. The minimum absolute atomic E-state index is 0.0204. The maximum atomic E-state index is 17.1. The molecule has 2 bridgehead atoms. The molecule has 7 heterocycles. The summed E-state index contributed by atoms with van der Waals surface area (Å²) in [6, 6.07) is 20.3. The molecule has 3 amide bonds. The van der Waals surface area contributed by atoms with Crippen molar-refractivity contribution in [1.82, 2.24) is 35.4 Å². The first-order valence-electron chi connectivity index (χ1n) is 24.6. The van der Waals surface area contributed by atoms with Gasteiger partial charge in [-0.15, -0.1) is 6.42 Å². The molecule has 5 fully saturated rings. The number of ether oxygens (including phenoxy) is 1. The zero-order valence-electron chi connectivity index (χ0n) is 40.1. The first-order chi connectivity index (χ1) is 35.3. The number of hydrogen-bond donors (Lipinski definition) is 4. The quantitative estimate of drug-likeness (QED) is 0.0624. The number of hydrogen-bond acceptors (Lipinski definition) is 13. The van der Waals surface area contributed by atoms with Crippen LogP contribution in [-0.4, -0.2) is 124 Å². The third-order valence-electron chi connectivity index (χ3n) is 15.3. The van der Waals surface area contributed by atoms with Gasteiger partial charge in [-0.2, -0.15) is 9.97 Å². The molecule has 3 atom stereocenters. The number of carbonyl (C=O) groups is 4. The number of anilines is 2. The molecular weight excluding hydrogens is 937 g/mol. The number of fused-ring (bicyclic) bond motifs is 5. The Morgan fingerprint density at radius 3 is 2.41 bits per heavy atom. The number of piperazine rings is 1. The number of phenolic OH excluding ortho intramolecular Hbond substituents is 1. The largest absolute Gasteiger partial charge is 0.508 e. The standard InChI is InChI=1S/C54H51F2N9O5.CH2O2/c1-3-39-43(55)13-8-32-19-38(66)20-41(46(32)39)48-47(56)49-42(21-57-48)50(64-26-35-9-10-36(27-64)58-35)61-53(60-49)70-29-54(16-17-54)28-62(2)22-30-4-6-31(7-5-30)34-23-63(24-34)37-11-12-40-33(18-37)25-65(52(40)69)44-14-15-45(67)59-51(44)68;2-1-3/h1,4-8,11-13,18-21,34-36,44,58,66H,9-10,14-17,22-29H2,2H3,(H,59,67,68);1H,(H,2,3)/t35-,36+,44?;. The second kappa shape index (κ2) is 19.0. The minimum atomic E-state index is -0.746. The van der Waals surface area contributed by atoms with Gasteiger partial charge in [0.25, 0.3) is 12.4 Å². The van der Waals surface area contributed by atoms with Crippen molar-refractivity contribution in [2.45, 2.75) is 75.7 Å². The highest BCUT2D eigenvalue weighted by Gasteiger charge is 2.45. The zero-order valence-corrected chi connectivity index (χ0v) is 40.1. The van der Waals surface area contributed by atoms with E-state index in [2.05, 4.69) is 78.6 Å². The molecule has 12 rings (SSSR count). The number of aromatic hydroxyl groups is 1. The molecule has 2 aromatic heterocycles. The normalized spacial score (nSPS) is 20.9. The van der Waals surface area contributed by atoms with Crippen molar-refractivity contribution >= 4 is 57.4 Å². The average molecular weight is 990 g/mol. The van der Waals surface area contributed by atoms with Crippen LogP contribution in [0.3, 0.4) is 0 Å². The van der Waals surface area contributed by atoms with Gasteiger partial charge in [-0.25, -0.2) is 8.78 Å². The van der Waals surface area contributed by atoms with Gasteiger partial charge in [-0.1, -0.05) is 36.3 Å². The van der Waals surface area contributed by atoms with Crippen LogP contribution in [-0.2, 0) is 27.5 Å². The Morgan fingerprint density at radius 1 is 0.945 bits per heavy atom. The molecule has 1 saturated carbocycles. The molecule has 1 aliphatic carbocycles. The average Bonchev–Trinajstić information content (AvgIpc) is 3.93. The summed E-state index contributed by atoms with van der Waals surface area (Å²) in [5.74, 6) is 0.942. The fraction of sp³-hybridized carbons (Fsp3) is 0.364. The van der Waals surface area contributed by atoms with E-state index in [1.807, 2.05) is 12.1 Å². The summed E-state index contributed by atoms with van der Waals surface area (Å²) in [6.07, 6.45) is 11.9. The molecule has 18 heteroatoms. The summed E-state index contributed by atoms with van der Waals surface area (Å²) in [5.41, 5.74) is 4.94. The Labute approximate surface area is 419 Å². The number of aromatic nitrogens is 3. The number of rotatable bonds is 12. The summed E-state index contributed by atoms with van der Waals surface area (Å²) in [6.45, 7) is 5.10. The Balaban J connectivity index is 0.00000187. The third kappa shape index (κ3) is 9.12. The van der Waals surface area contributed by atoms with Gasteiger partial charge in [-0.05, 0) is 97.6 Å². The Morgan fingerprint density at radius 2 is 1.70 bits per heavy atom. The van der Waals surface area contributed by atoms with E-state index < -0.39 is 23.6 Å². The highest BCUT2D eigenvalue weighted by Crippen LogP contribution is 2.47. The summed E-state index contributed by atoms with van der Waals surface area (Å²) in [4.78, 5) is 68.3. The second-order valence-corrected chi connectivity index (χ2v) is 20.4. The molecule has 4 aromatic carbocycles. The second-order valence-electron chi connectivity index (χ2n) is 20.4. The van der Waals surface area contributed by atoms with Gasteiger partial charge in [0.1, 0.15) is 34.6 Å². The van der Waals surface area contributed by atoms with E-state index in [4.69, 9.17) is 26.0 Å². The van der Waals surface area contributed by atoms with E-state index in [-0.39, 0.29) is 81.7 Å². The number of terminal acetylenes is 1. The summed E-state index contributed by atoms with van der Waals surface area (Å²) >= 11 is 0. The number of carboxylic acid groups (broad SMARTS) is 1. The number of benzene rings is 4. The summed E-state index contributed by atoms with van der Waals surface area (Å²) < 4.78 is 38.6. The van der Waals surface area contributed by atoms with Crippen LogP contribution < -0.4 is 25.2 Å². The van der Waals surface area contributed by atoms with Gasteiger partial charge in [0.2, 0.25) is 11.8 Å². The Kier molecular flexibility index (Phi) is 12.4. The lowest BCUT2D eigenvalue weighted by molar-refractivity contribution is -0.137. The highest BCUT2D eigenvalue weighted by molar-refractivity contribution is 6.06. The summed E-state index contributed by atoms with van der Waals surface area (Å²) in [5, 5.41) is 24.8. The molecule has 6 aromatic rings. The van der Waals surface area contributed by atoms with Gasteiger partial charge in [-0.3, -0.25) is 29.5 Å². The highest BCUT2D eigenvalue weighted by atomic mass is 19.1. The van der Waals surface area contributed by atoms with Gasteiger partial charge in [0.15, 0.2) is 5.82 Å². The van der Waals surface area contributed by atoms with Crippen molar-refractivity contribution in [1.29, 1.82) is 0 Å². The van der Waals surface area contributed by atoms with Gasteiger partial charge in [0, 0.05) is 104 Å². The lowest BCUT2D eigenvalue weighted by Crippen LogP contribution is -2.52. The third-order valence-corrected chi connectivity index (χ3v) is 15.3. The van der Waals surface area contributed by atoms with Gasteiger partial charge < -0.3 is 39.9 Å². The first-order valence-corrected chi connectivity index (χ1v) is 24.6. The van der Waals surface area contributed by atoms with Crippen molar-refractivity contribution in [3.05, 3.63) is 112 Å². The number of nitrogens with zero attached hydrogens (tertiary/aromatic N) is 7. The van der Waals surface area contributed by atoms with Crippen molar-refractivity contribution in [2.24, 2.45) is 5.41 Å². The van der Waals surface area contributed by atoms with Crippen LogP contribution in [0.25, 0.3) is 32.9 Å². The Hall–Kier alpha value is -7.75. The number of halogens is 2. The molecule has 5 aliphatic heterocycles. The Bertz CT molecular complexity index is 3250. The van der Waals surface area contributed by atoms with Crippen LogP contribution in [0.2, 0.25) is 0 Å². The van der Waals surface area contributed by atoms with E-state index >= 15 is 8.78 Å². The molecule has 4 N–H and O–H groups in total. The number of phenols is 1. The summed E-state index contributed by atoms with van der Waals surface area (Å²) in [7, 11) is 2.11. The van der Waals surface area contributed by atoms with Crippen LogP contribution in [0, 0.1) is 29.4 Å². The number of piperidine rings is 1. The predicted molar refractivity (Wildman–Crippen MR) is 268 cm³/mol. The van der Waals surface area contributed by atoms with Crippen LogP contribution >= 0.6 is 0 Å². The number of pyridine rings is 1. The van der Waals surface area contributed by atoms with E-state index in [1.54, 1.807) is 11.1 Å². The molecule has 16 nitrogen and oxygen atoms in total. The lowest BCUT2D eigenvalue weighted by Gasteiger charge is -2.41. The van der Waals surface area contributed by atoms with Gasteiger partial charge in [0.05, 0.1) is 17.6 Å². The van der Waals surface area contributed by atoms with Crippen LogP contribution in [0.4, 0.5) is 20.3 Å². The number of nitrogens with one attached hydrogen (secondary N) is 2. The van der Waals surface area contributed by atoms with Crippen LogP contribution in [0.15, 0.2) is 72.9 Å². The first kappa shape index (κ1) is 47.6. The molecule has 4 saturated heterocycles. The van der Waals surface area contributed by atoms with Crippen molar-refractivity contribution in [3.63, 3.8) is 0 Å². The van der Waals surface area contributed by atoms with Gasteiger partial charge >= 0.3 is 6.01 Å². The number of carbonyl (C=O) groups excluding carboxylic acids is 3. The molecule has 73 heavy (non-hydrogen) atoms. The maximum Gasteiger partial charge on any atom is 0.319 e. The molecule has 1 unspecified atom stereocenters. The zero-order chi connectivity index (χ0) is 50.7. The predicted octanol–water partition coefficient (Wildman–Crippen LogP) is 6.11. The molecule has 6 aliphatic rings. The van der Waals surface area contributed by atoms with E-state index in [0.29, 0.717) is 60.7 Å². The van der Waals surface area contributed by atoms with E-state index in [1.165, 1.54) is 35.4 Å². The van der Waals surface area contributed by atoms with E-state index in [0.717, 1.165) is 63.1 Å². The molecule has 0 spiro atoms. The number of amides is 3. The van der Waals surface area contributed by atoms with Crippen molar-refractivity contribution in [2.75, 3.05) is 56.2 Å². The minimum Gasteiger partial charge on any atom is -0.508 e. The fourth-order valence-corrected chi connectivity index (χ4v) is 11.5. The lowest BCUT2D eigenvalue weighted by atomic mass is 9.90. The smallest absolute Gasteiger partial charge is 0.319 e. The van der Waals surface area contributed by atoms with E-state index in [9.17, 15) is 19.5 Å². The molecule has 0 radical (unpaired) electrons. The fourth-order valence-electron chi connectivity index (χ4n) is 11.5. The molecule has 374 valence electrons. The maximum absolute atomic E-state index is 17.1. The molecular formula is C55H53F2N9O7. The topological polar surface area (TPSA) is 194 Å². The number of imide groups is 1.